The van der Waals surface area contributed by atoms with Crippen LogP contribution in [0.4, 0.5) is 0 Å². The van der Waals surface area contributed by atoms with Crippen molar-refractivity contribution in [3.05, 3.63) is 21.9 Å². The van der Waals surface area contributed by atoms with Crippen LogP contribution in [0.2, 0.25) is 0 Å². The van der Waals surface area contributed by atoms with Gasteiger partial charge in [0, 0.05) is 18.0 Å². The standard InChI is InChI=1S/C12H15NO4S/c1-8-2-3-10(18-8)12(16)13-4-5-17-9(7-13)6-11(14)15/h2-3,9H,4-7H2,1H3,(H,14,15)/t9-/m1/s1. The molecule has 2 rings (SSSR count). The van der Waals surface area contributed by atoms with Crippen molar-refractivity contribution in [1.29, 1.82) is 0 Å². The summed E-state index contributed by atoms with van der Waals surface area (Å²) in [6, 6.07) is 3.72. The van der Waals surface area contributed by atoms with Crippen molar-refractivity contribution in [2.24, 2.45) is 0 Å². The van der Waals surface area contributed by atoms with Gasteiger partial charge in [0.1, 0.15) is 0 Å². The van der Waals surface area contributed by atoms with Crippen molar-refractivity contribution in [3.8, 4) is 0 Å². The Hall–Kier alpha value is -1.40. The molecule has 1 aromatic heterocycles. The third kappa shape index (κ3) is 3.08. The molecule has 1 fully saturated rings. The van der Waals surface area contributed by atoms with Crippen molar-refractivity contribution in [2.75, 3.05) is 19.7 Å². The van der Waals surface area contributed by atoms with Gasteiger partial charge in [-0.3, -0.25) is 9.59 Å². The van der Waals surface area contributed by atoms with E-state index >= 15 is 0 Å². The van der Waals surface area contributed by atoms with Gasteiger partial charge in [0.05, 0.1) is 24.0 Å². The number of carbonyl (C=O) groups is 2. The molecule has 0 saturated carbocycles. The number of nitrogens with zero attached hydrogens (tertiary/aromatic N) is 1. The van der Waals surface area contributed by atoms with Crippen LogP contribution < -0.4 is 0 Å². The first-order valence-corrected chi connectivity index (χ1v) is 6.57. The van der Waals surface area contributed by atoms with Gasteiger partial charge in [-0.05, 0) is 19.1 Å². The fourth-order valence-corrected chi connectivity index (χ4v) is 2.76. The Bertz CT molecular complexity index is 457. The summed E-state index contributed by atoms with van der Waals surface area (Å²) in [6.07, 6.45) is -0.464. The molecule has 98 valence electrons. The zero-order valence-corrected chi connectivity index (χ0v) is 10.9. The van der Waals surface area contributed by atoms with Gasteiger partial charge in [0.15, 0.2) is 0 Å². The molecular weight excluding hydrogens is 254 g/mol. The molecule has 1 saturated heterocycles. The van der Waals surface area contributed by atoms with Crippen LogP contribution in [0.3, 0.4) is 0 Å². The molecule has 2 heterocycles. The van der Waals surface area contributed by atoms with Crippen molar-refractivity contribution in [3.63, 3.8) is 0 Å². The van der Waals surface area contributed by atoms with E-state index in [1.54, 1.807) is 4.90 Å². The molecule has 1 aromatic rings. The summed E-state index contributed by atoms with van der Waals surface area (Å²) in [4.78, 5) is 26.3. The van der Waals surface area contributed by atoms with Crippen LogP contribution in [0, 0.1) is 6.92 Å². The highest BCUT2D eigenvalue weighted by Crippen LogP contribution is 2.19. The van der Waals surface area contributed by atoms with E-state index < -0.39 is 12.1 Å². The predicted octanol–water partition coefficient (Wildman–Crippen LogP) is 1.37. The number of morpholine rings is 1. The minimum absolute atomic E-state index is 0.0354. The second kappa shape index (κ2) is 5.49. The predicted molar refractivity (Wildman–Crippen MR) is 67.0 cm³/mol. The number of ether oxygens (including phenoxy) is 1. The molecule has 0 aliphatic carbocycles. The number of aliphatic carboxylic acids is 1. The minimum atomic E-state index is -0.902. The first-order valence-electron chi connectivity index (χ1n) is 5.75. The van der Waals surface area contributed by atoms with Gasteiger partial charge < -0.3 is 14.7 Å². The number of carboxylic acids is 1. The summed E-state index contributed by atoms with van der Waals surface area (Å²) in [5, 5.41) is 8.73. The van der Waals surface area contributed by atoms with Gasteiger partial charge >= 0.3 is 5.97 Å². The Morgan fingerprint density at radius 2 is 2.33 bits per heavy atom. The average molecular weight is 269 g/mol. The lowest BCUT2D eigenvalue weighted by Gasteiger charge is -2.32. The third-order valence-corrected chi connectivity index (χ3v) is 3.77. The van der Waals surface area contributed by atoms with Crippen molar-refractivity contribution >= 4 is 23.2 Å². The van der Waals surface area contributed by atoms with Crippen LogP contribution in [0.15, 0.2) is 12.1 Å². The van der Waals surface area contributed by atoms with Gasteiger partial charge in [0.25, 0.3) is 5.91 Å². The normalized spacial score (nSPS) is 19.8. The molecule has 6 heteroatoms. The SMILES string of the molecule is Cc1ccc(C(=O)N2CCO[C@H](CC(=O)O)C2)s1. The highest BCUT2D eigenvalue weighted by atomic mass is 32.1. The number of hydrogen-bond acceptors (Lipinski definition) is 4. The third-order valence-electron chi connectivity index (χ3n) is 2.78. The van der Waals surface area contributed by atoms with Crippen LogP contribution in [0.1, 0.15) is 21.0 Å². The van der Waals surface area contributed by atoms with E-state index in [9.17, 15) is 9.59 Å². The fourth-order valence-electron chi connectivity index (χ4n) is 1.93. The molecule has 0 spiro atoms. The summed E-state index contributed by atoms with van der Waals surface area (Å²) in [5.74, 6) is -0.937. The number of rotatable bonds is 3. The molecular formula is C12H15NO4S. The molecule has 5 nitrogen and oxygen atoms in total. The molecule has 1 atom stereocenters. The maximum atomic E-state index is 12.2. The van der Waals surface area contributed by atoms with Crippen LogP contribution in [0.5, 0.6) is 0 Å². The van der Waals surface area contributed by atoms with Gasteiger partial charge in [-0.1, -0.05) is 0 Å². The first kappa shape index (κ1) is 13.0. The summed E-state index contributed by atoms with van der Waals surface area (Å²) in [7, 11) is 0. The molecule has 18 heavy (non-hydrogen) atoms. The van der Waals surface area contributed by atoms with E-state index in [1.165, 1.54) is 11.3 Å². The van der Waals surface area contributed by atoms with Crippen LogP contribution >= 0.6 is 11.3 Å². The summed E-state index contributed by atoms with van der Waals surface area (Å²) < 4.78 is 5.34. The number of carbonyl (C=O) groups excluding carboxylic acids is 1. The molecule has 1 aliphatic heterocycles. The highest BCUT2D eigenvalue weighted by molar-refractivity contribution is 7.13. The van der Waals surface area contributed by atoms with Gasteiger partial charge in [-0.15, -0.1) is 11.3 Å². The fraction of sp³-hybridized carbons (Fsp3) is 0.500. The number of carboxylic acid groups (broad SMARTS) is 1. The zero-order chi connectivity index (χ0) is 13.1. The van der Waals surface area contributed by atoms with E-state index in [0.29, 0.717) is 24.6 Å². The largest absolute Gasteiger partial charge is 0.481 e. The maximum Gasteiger partial charge on any atom is 0.306 e. The van der Waals surface area contributed by atoms with Gasteiger partial charge in [0.2, 0.25) is 0 Å². The number of thiophene rings is 1. The van der Waals surface area contributed by atoms with E-state index in [0.717, 1.165) is 4.88 Å². The second-order valence-electron chi connectivity index (χ2n) is 4.25. The Kier molecular flexibility index (Phi) is 3.98. The number of amides is 1. The Balaban J connectivity index is 2.00. The van der Waals surface area contributed by atoms with Gasteiger partial charge in [-0.2, -0.15) is 0 Å². The number of aryl methyl sites for hydroxylation is 1. The van der Waals surface area contributed by atoms with Gasteiger partial charge in [-0.25, -0.2) is 0 Å². The monoisotopic (exact) mass is 269 g/mol. The molecule has 0 radical (unpaired) electrons. The van der Waals surface area contributed by atoms with Crippen molar-refractivity contribution in [1.82, 2.24) is 4.90 Å². The lowest BCUT2D eigenvalue weighted by atomic mass is 10.2. The van der Waals surface area contributed by atoms with Crippen LogP contribution in [-0.2, 0) is 9.53 Å². The Morgan fingerprint density at radius 3 is 2.94 bits per heavy atom. The van der Waals surface area contributed by atoms with Crippen LogP contribution in [0.25, 0.3) is 0 Å². The molecule has 0 unspecified atom stereocenters. The first-order chi connectivity index (χ1) is 8.56. The Labute approximate surface area is 109 Å². The van der Waals surface area contributed by atoms with Crippen molar-refractivity contribution in [2.45, 2.75) is 19.4 Å². The Morgan fingerprint density at radius 1 is 1.56 bits per heavy atom. The quantitative estimate of drug-likeness (QED) is 0.900. The molecule has 1 N–H and O–H groups in total. The van der Waals surface area contributed by atoms with E-state index in [2.05, 4.69) is 0 Å². The van der Waals surface area contributed by atoms with E-state index in [1.807, 2.05) is 19.1 Å². The zero-order valence-electron chi connectivity index (χ0n) is 10.1. The van der Waals surface area contributed by atoms with Crippen LogP contribution in [-0.4, -0.2) is 47.7 Å². The lowest BCUT2D eigenvalue weighted by molar-refractivity contribution is -0.141. The van der Waals surface area contributed by atoms with Crippen molar-refractivity contribution < 1.29 is 19.4 Å². The topological polar surface area (TPSA) is 66.8 Å². The molecule has 0 bridgehead atoms. The van der Waals surface area contributed by atoms with E-state index in [4.69, 9.17) is 9.84 Å². The minimum Gasteiger partial charge on any atom is -0.481 e. The lowest BCUT2D eigenvalue weighted by Crippen LogP contribution is -2.46. The summed E-state index contributed by atoms with van der Waals surface area (Å²) in [6.45, 7) is 3.22. The second-order valence-corrected chi connectivity index (χ2v) is 5.54. The summed E-state index contributed by atoms with van der Waals surface area (Å²) >= 11 is 1.46. The van der Waals surface area contributed by atoms with E-state index in [-0.39, 0.29) is 12.3 Å². The molecule has 1 amide bonds. The molecule has 0 aromatic carbocycles. The average Bonchev–Trinajstić information content (AvgIpc) is 2.74. The smallest absolute Gasteiger partial charge is 0.306 e. The highest BCUT2D eigenvalue weighted by Gasteiger charge is 2.27. The summed E-state index contributed by atoms with van der Waals surface area (Å²) in [5.41, 5.74) is 0. The molecule has 1 aliphatic rings. The number of hydrogen-bond donors (Lipinski definition) is 1. The maximum absolute atomic E-state index is 12.2.